The largest absolute Gasteiger partial charge is 1.00 e. The number of ether oxygens (including phenoxy) is 1. The summed E-state index contributed by atoms with van der Waals surface area (Å²) >= 11 is 0. The number of carbonyl (C=O) groups excluding carboxylic acids is 1. The van der Waals surface area contributed by atoms with Crippen LogP contribution in [0, 0.1) is 11.3 Å². The van der Waals surface area contributed by atoms with E-state index in [9.17, 15) is 0 Å². The van der Waals surface area contributed by atoms with Crippen LogP contribution < -0.4 is 34.7 Å². The standard InChI is InChI=1S/C4H8O.C2H3N.C2H4O2.Na/c1-2-4-5-3-1;1-2-3;1-2(3)4;/h1-4H2;1H3;1H3,(H,3,4);/q;;;+1/p-1. The summed E-state index contributed by atoms with van der Waals surface area (Å²) < 4.78 is 4.94. The van der Waals surface area contributed by atoms with Gasteiger partial charge in [-0.25, -0.2) is 0 Å². The first kappa shape index (κ1) is 18.7. The van der Waals surface area contributed by atoms with Crippen LogP contribution in [0.3, 0.4) is 0 Å². The van der Waals surface area contributed by atoms with E-state index >= 15 is 0 Å². The van der Waals surface area contributed by atoms with Gasteiger partial charge in [0, 0.05) is 26.1 Å². The Bertz CT molecular complexity index is 129. The molecule has 1 saturated heterocycles. The molecule has 0 aromatic carbocycles. The van der Waals surface area contributed by atoms with Gasteiger partial charge in [-0.1, -0.05) is 0 Å². The molecule has 0 spiro atoms. The van der Waals surface area contributed by atoms with E-state index in [0.29, 0.717) is 0 Å². The molecule has 5 heteroatoms. The maximum absolute atomic E-state index is 8.89. The van der Waals surface area contributed by atoms with E-state index in [0.717, 1.165) is 20.1 Å². The van der Waals surface area contributed by atoms with Crippen LogP contribution in [-0.2, 0) is 9.53 Å². The number of carbonyl (C=O) groups is 1. The summed E-state index contributed by atoms with van der Waals surface area (Å²) in [5, 5.41) is 16.2. The fraction of sp³-hybridized carbons (Fsp3) is 0.750. The fourth-order valence-corrected chi connectivity index (χ4v) is 0.510. The number of aliphatic carboxylic acids is 1. The van der Waals surface area contributed by atoms with E-state index < -0.39 is 5.97 Å². The number of rotatable bonds is 0. The predicted octanol–water partition coefficient (Wildman–Crippen LogP) is -2.91. The van der Waals surface area contributed by atoms with Crippen molar-refractivity contribution in [1.82, 2.24) is 0 Å². The molecule has 1 heterocycles. The molecule has 0 aromatic rings. The van der Waals surface area contributed by atoms with Crippen molar-refractivity contribution in [2.24, 2.45) is 0 Å². The molecule has 0 unspecified atom stereocenters. The first-order valence-electron chi connectivity index (χ1n) is 3.71. The Hall–Kier alpha value is -0.0800. The molecule has 1 aliphatic heterocycles. The normalized spacial score (nSPS) is 11.8. The number of carboxylic acids is 1. The molecule has 0 bridgehead atoms. The van der Waals surface area contributed by atoms with Gasteiger partial charge >= 0.3 is 29.6 Å². The van der Waals surface area contributed by atoms with Gasteiger partial charge in [0.1, 0.15) is 0 Å². The van der Waals surface area contributed by atoms with Crippen molar-refractivity contribution in [3.05, 3.63) is 0 Å². The van der Waals surface area contributed by atoms with Crippen LogP contribution >= 0.6 is 0 Å². The van der Waals surface area contributed by atoms with E-state index in [4.69, 9.17) is 19.9 Å². The zero-order valence-electron chi connectivity index (χ0n) is 8.50. The monoisotopic (exact) mass is 195 g/mol. The van der Waals surface area contributed by atoms with E-state index in [1.807, 2.05) is 0 Å². The Kier molecular flexibility index (Phi) is 25.6. The molecule has 4 nitrogen and oxygen atoms in total. The first-order valence-corrected chi connectivity index (χ1v) is 3.71. The molecule has 0 N–H and O–H groups in total. The van der Waals surface area contributed by atoms with Crippen LogP contribution in [-0.4, -0.2) is 19.2 Å². The summed E-state index contributed by atoms with van der Waals surface area (Å²) in [5.41, 5.74) is 0. The van der Waals surface area contributed by atoms with Crippen molar-refractivity contribution < 1.29 is 44.2 Å². The Morgan fingerprint density at radius 1 is 1.46 bits per heavy atom. The SMILES string of the molecule is C1CCOC1.CC#N.CC(=O)[O-].[Na+]. The van der Waals surface area contributed by atoms with E-state index in [1.165, 1.54) is 19.8 Å². The second kappa shape index (κ2) is 17.9. The van der Waals surface area contributed by atoms with Gasteiger partial charge in [0.05, 0.1) is 6.07 Å². The maximum Gasteiger partial charge on any atom is 1.00 e. The van der Waals surface area contributed by atoms with Gasteiger partial charge in [-0.3, -0.25) is 0 Å². The molecular weight excluding hydrogens is 181 g/mol. The third kappa shape index (κ3) is 48.5. The Morgan fingerprint density at radius 2 is 1.69 bits per heavy atom. The van der Waals surface area contributed by atoms with Gasteiger partial charge in [0.25, 0.3) is 0 Å². The summed E-state index contributed by atoms with van der Waals surface area (Å²) in [6.45, 7) is 4.40. The van der Waals surface area contributed by atoms with Crippen molar-refractivity contribution >= 4 is 5.97 Å². The minimum atomic E-state index is -1.08. The van der Waals surface area contributed by atoms with Gasteiger partial charge in [-0.05, 0) is 19.8 Å². The quantitative estimate of drug-likeness (QED) is 0.388. The molecule has 0 aliphatic carbocycles. The number of carboxylic acid groups (broad SMARTS) is 1. The maximum atomic E-state index is 8.89. The van der Waals surface area contributed by atoms with Crippen LogP contribution in [0.25, 0.3) is 0 Å². The average Bonchev–Trinajstić information content (AvgIpc) is 2.40. The zero-order valence-corrected chi connectivity index (χ0v) is 10.5. The van der Waals surface area contributed by atoms with Gasteiger partial charge in [-0.2, -0.15) is 5.26 Å². The fourth-order valence-electron chi connectivity index (χ4n) is 0.510. The molecular formula is C8H14NNaO3. The average molecular weight is 195 g/mol. The Labute approximate surface area is 101 Å². The summed E-state index contributed by atoms with van der Waals surface area (Å²) in [6.07, 6.45) is 2.56. The second-order valence-corrected chi connectivity index (χ2v) is 2.03. The molecule has 70 valence electrons. The van der Waals surface area contributed by atoms with Crippen LogP contribution in [0.15, 0.2) is 0 Å². The molecule has 1 aliphatic rings. The van der Waals surface area contributed by atoms with Gasteiger partial charge in [0.15, 0.2) is 0 Å². The molecule has 1 fully saturated rings. The second-order valence-electron chi connectivity index (χ2n) is 2.03. The minimum Gasteiger partial charge on any atom is -0.550 e. The molecule has 0 aromatic heterocycles. The number of nitriles is 1. The molecule has 0 amide bonds. The molecule has 0 radical (unpaired) electrons. The topological polar surface area (TPSA) is 73.1 Å². The summed E-state index contributed by atoms with van der Waals surface area (Å²) in [6, 6.07) is 1.75. The summed E-state index contributed by atoms with van der Waals surface area (Å²) in [7, 11) is 0. The predicted molar refractivity (Wildman–Crippen MR) is 42.0 cm³/mol. The Balaban J connectivity index is -0.000000116. The van der Waals surface area contributed by atoms with Gasteiger partial charge in [0.2, 0.25) is 0 Å². The van der Waals surface area contributed by atoms with Crippen molar-refractivity contribution in [3.8, 4) is 6.07 Å². The summed E-state index contributed by atoms with van der Waals surface area (Å²) in [5.74, 6) is -1.08. The third-order valence-corrected chi connectivity index (χ3v) is 0.827. The first-order chi connectivity index (χ1) is 5.65. The molecule has 0 saturated carbocycles. The van der Waals surface area contributed by atoms with Crippen molar-refractivity contribution in [2.75, 3.05) is 13.2 Å². The minimum absolute atomic E-state index is 0. The van der Waals surface area contributed by atoms with Crippen LogP contribution in [0.5, 0.6) is 0 Å². The molecule has 0 atom stereocenters. The molecule has 13 heavy (non-hydrogen) atoms. The molecule has 1 rings (SSSR count). The third-order valence-electron chi connectivity index (χ3n) is 0.827. The number of hydrogen-bond acceptors (Lipinski definition) is 4. The van der Waals surface area contributed by atoms with E-state index in [-0.39, 0.29) is 29.6 Å². The van der Waals surface area contributed by atoms with Gasteiger partial charge in [-0.15, -0.1) is 0 Å². The van der Waals surface area contributed by atoms with Crippen LogP contribution in [0.1, 0.15) is 26.7 Å². The van der Waals surface area contributed by atoms with Crippen molar-refractivity contribution in [2.45, 2.75) is 26.7 Å². The van der Waals surface area contributed by atoms with Crippen molar-refractivity contribution in [1.29, 1.82) is 5.26 Å². The smallest absolute Gasteiger partial charge is 0.550 e. The van der Waals surface area contributed by atoms with Gasteiger partial charge < -0.3 is 14.6 Å². The zero-order chi connectivity index (χ0) is 9.82. The Morgan fingerprint density at radius 3 is 1.77 bits per heavy atom. The summed E-state index contributed by atoms with van der Waals surface area (Å²) in [4.78, 5) is 8.89. The van der Waals surface area contributed by atoms with E-state index in [2.05, 4.69) is 0 Å². The number of nitrogens with zero attached hydrogens (tertiary/aromatic N) is 1. The van der Waals surface area contributed by atoms with Crippen LogP contribution in [0.2, 0.25) is 0 Å². The number of hydrogen-bond donors (Lipinski definition) is 0. The van der Waals surface area contributed by atoms with E-state index in [1.54, 1.807) is 6.07 Å². The van der Waals surface area contributed by atoms with Crippen LogP contribution in [0.4, 0.5) is 0 Å². The van der Waals surface area contributed by atoms with Crippen molar-refractivity contribution in [3.63, 3.8) is 0 Å².